The Kier molecular flexibility index (Phi) is 4.59. The summed E-state index contributed by atoms with van der Waals surface area (Å²) in [4.78, 5) is 2.96. The van der Waals surface area contributed by atoms with E-state index in [9.17, 15) is 13.2 Å². The van der Waals surface area contributed by atoms with E-state index in [1.54, 1.807) is 24.3 Å². The summed E-state index contributed by atoms with van der Waals surface area (Å²) in [5.74, 6) is 0. The first-order valence-corrected chi connectivity index (χ1v) is 7.64. The van der Waals surface area contributed by atoms with Crippen LogP contribution in [0.1, 0.15) is 0 Å². The molecule has 1 heterocycles. The van der Waals surface area contributed by atoms with E-state index in [4.69, 9.17) is 11.6 Å². The van der Waals surface area contributed by atoms with Crippen LogP contribution < -0.4 is 0 Å². The topological polar surface area (TPSA) is 15.8 Å². The molecule has 0 bridgehead atoms. The van der Waals surface area contributed by atoms with Gasteiger partial charge in [-0.25, -0.2) is 0 Å². The van der Waals surface area contributed by atoms with E-state index in [2.05, 4.69) is 36.8 Å². The van der Waals surface area contributed by atoms with Crippen LogP contribution >= 0.6 is 55.2 Å². The Hall–Kier alpha value is -0.110. The molecule has 1 aromatic heterocycles. The lowest BCUT2D eigenvalue weighted by Gasteiger charge is -2.07. The SMILES string of the molecule is FC(F)(F)Sc1c(-c2ccc(Cl)cc2)[nH]c(Br)c1Br. The molecule has 2 rings (SSSR count). The second-order valence-electron chi connectivity index (χ2n) is 3.51. The molecular formula is C11H5Br2ClF3NS. The van der Waals surface area contributed by atoms with E-state index in [1.165, 1.54) is 0 Å². The zero-order valence-corrected chi connectivity index (χ0v) is 13.7. The van der Waals surface area contributed by atoms with E-state index in [0.717, 1.165) is 0 Å². The van der Waals surface area contributed by atoms with Gasteiger partial charge in [0.25, 0.3) is 0 Å². The Morgan fingerprint density at radius 3 is 2.21 bits per heavy atom. The van der Waals surface area contributed by atoms with Crippen LogP contribution in [0.4, 0.5) is 13.2 Å². The van der Waals surface area contributed by atoms with Crippen LogP contribution in [-0.4, -0.2) is 10.5 Å². The van der Waals surface area contributed by atoms with Gasteiger partial charge in [0.05, 0.1) is 19.7 Å². The van der Waals surface area contributed by atoms with Crippen LogP contribution in [0.25, 0.3) is 11.3 Å². The zero-order chi connectivity index (χ0) is 14.2. The lowest BCUT2D eigenvalue weighted by atomic mass is 10.2. The third-order valence-corrected chi connectivity index (χ3v) is 5.48. The average molecular weight is 435 g/mol. The van der Waals surface area contributed by atoms with Crippen molar-refractivity contribution in [1.29, 1.82) is 0 Å². The number of hydrogen-bond donors (Lipinski definition) is 1. The molecule has 0 saturated carbocycles. The van der Waals surface area contributed by atoms with E-state index >= 15 is 0 Å². The van der Waals surface area contributed by atoms with Crippen molar-refractivity contribution < 1.29 is 13.2 Å². The van der Waals surface area contributed by atoms with Gasteiger partial charge in [0.1, 0.15) is 0 Å². The second-order valence-corrected chi connectivity index (χ2v) is 6.61. The standard InChI is InChI=1S/C11H5Br2ClF3NS/c12-7-9(19-11(15,16)17)8(18-10(7)13)5-1-3-6(14)4-2-5/h1-4,18H. The molecule has 19 heavy (non-hydrogen) atoms. The number of rotatable bonds is 2. The number of nitrogens with one attached hydrogen (secondary N) is 1. The van der Waals surface area contributed by atoms with Crippen molar-refractivity contribution >= 4 is 55.2 Å². The smallest absolute Gasteiger partial charge is 0.347 e. The van der Waals surface area contributed by atoms with Gasteiger partial charge >= 0.3 is 5.51 Å². The first-order valence-electron chi connectivity index (χ1n) is 4.86. The molecule has 0 radical (unpaired) electrons. The number of alkyl halides is 3. The number of H-pyrrole nitrogens is 1. The number of aromatic amines is 1. The molecule has 1 aromatic carbocycles. The van der Waals surface area contributed by atoms with Crippen molar-refractivity contribution in [3.63, 3.8) is 0 Å². The van der Waals surface area contributed by atoms with Gasteiger partial charge in [-0.1, -0.05) is 23.7 Å². The van der Waals surface area contributed by atoms with Crippen LogP contribution in [0.15, 0.2) is 38.2 Å². The van der Waals surface area contributed by atoms with E-state index < -0.39 is 5.51 Å². The van der Waals surface area contributed by atoms with Crippen molar-refractivity contribution in [2.24, 2.45) is 0 Å². The predicted molar refractivity (Wildman–Crippen MR) is 78.6 cm³/mol. The highest BCUT2D eigenvalue weighted by Gasteiger charge is 2.33. The van der Waals surface area contributed by atoms with Gasteiger partial charge in [0, 0.05) is 5.02 Å². The lowest BCUT2D eigenvalue weighted by molar-refractivity contribution is -0.0328. The Labute approximate surface area is 133 Å². The number of benzene rings is 1. The van der Waals surface area contributed by atoms with Gasteiger partial charge < -0.3 is 4.98 Å². The van der Waals surface area contributed by atoms with E-state index in [1.807, 2.05) is 0 Å². The summed E-state index contributed by atoms with van der Waals surface area (Å²) in [6.45, 7) is 0. The van der Waals surface area contributed by atoms with Gasteiger partial charge in [-0.3, -0.25) is 0 Å². The van der Waals surface area contributed by atoms with Crippen molar-refractivity contribution in [3.8, 4) is 11.3 Å². The maximum absolute atomic E-state index is 12.6. The molecular weight excluding hydrogens is 430 g/mol. The highest BCUT2D eigenvalue weighted by Crippen LogP contribution is 2.47. The van der Waals surface area contributed by atoms with Crippen molar-refractivity contribution in [3.05, 3.63) is 38.4 Å². The molecule has 0 aliphatic carbocycles. The highest BCUT2D eigenvalue weighted by molar-refractivity contribution is 9.13. The van der Waals surface area contributed by atoms with Crippen LogP contribution in [0, 0.1) is 0 Å². The summed E-state index contributed by atoms with van der Waals surface area (Å²) in [5, 5.41) is 0.526. The molecule has 102 valence electrons. The minimum absolute atomic E-state index is 0.0849. The largest absolute Gasteiger partial charge is 0.446 e. The monoisotopic (exact) mass is 433 g/mol. The number of thioether (sulfide) groups is 1. The Morgan fingerprint density at radius 2 is 1.68 bits per heavy atom. The average Bonchev–Trinajstić information content (AvgIpc) is 2.57. The summed E-state index contributed by atoms with van der Waals surface area (Å²) in [5.41, 5.74) is -3.34. The summed E-state index contributed by atoms with van der Waals surface area (Å²) < 4.78 is 38.6. The molecule has 0 amide bonds. The summed E-state index contributed by atoms with van der Waals surface area (Å²) in [6, 6.07) is 6.57. The second kappa shape index (κ2) is 5.71. The Morgan fingerprint density at radius 1 is 1.11 bits per heavy atom. The minimum Gasteiger partial charge on any atom is -0.347 e. The molecule has 1 nitrogen and oxygen atoms in total. The fourth-order valence-electron chi connectivity index (χ4n) is 1.46. The first kappa shape index (κ1) is 15.3. The van der Waals surface area contributed by atoms with E-state index in [0.29, 0.717) is 25.4 Å². The molecule has 1 N–H and O–H groups in total. The molecule has 0 unspecified atom stereocenters. The maximum Gasteiger partial charge on any atom is 0.446 e. The first-order chi connectivity index (χ1) is 8.78. The predicted octanol–water partition coefficient (Wildman–Crippen LogP) is 6.47. The summed E-state index contributed by atoms with van der Waals surface area (Å²) >= 11 is 11.9. The molecule has 0 spiro atoms. The fourth-order valence-corrected chi connectivity index (χ4v) is 3.35. The summed E-state index contributed by atoms with van der Waals surface area (Å²) in [6.07, 6.45) is 0. The number of hydrogen-bond acceptors (Lipinski definition) is 1. The molecule has 0 saturated heterocycles. The summed E-state index contributed by atoms with van der Waals surface area (Å²) in [7, 11) is 0. The Balaban J connectivity index is 2.51. The van der Waals surface area contributed by atoms with Crippen molar-refractivity contribution in [2.45, 2.75) is 10.4 Å². The van der Waals surface area contributed by atoms with Gasteiger partial charge in [-0.2, -0.15) is 13.2 Å². The molecule has 0 aliphatic heterocycles. The van der Waals surface area contributed by atoms with E-state index in [-0.39, 0.29) is 16.7 Å². The third-order valence-electron chi connectivity index (χ3n) is 2.20. The normalized spacial score (nSPS) is 11.9. The quantitative estimate of drug-likeness (QED) is 0.535. The van der Waals surface area contributed by atoms with Crippen LogP contribution in [-0.2, 0) is 0 Å². The van der Waals surface area contributed by atoms with Gasteiger partial charge in [0.15, 0.2) is 0 Å². The molecule has 0 atom stereocenters. The maximum atomic E-state index is 12.6. The number of halogens is 6. The molecule has 0 aliphatic rings. The zero-order valence-electron chi connectivity index (χ0n) is 8.99. The Bertz CT molecular complexity index is 595. The minimum atomic E-state index is -4.36. The third kappa shape index (κ3) is 3.71. The highest BCUT2D eigenvalue weighted by atomic mass is 79.9. The van der Waals surface area contributed by atoms with Crippen molar-refractivity contribution in [2.75, 3.05) is 0 Å². The number of aromatic nitrogens is 1. The van der Waals surface area contributed by atoms with Gasteiger partial charge in [-0.15, -0.1) is 0 Å². The van der Waals surface area contributed by atoms with Crippen LogP contribution in [0.3, 0.4) is 0 Å². The molecule has 8 heteroatoms. The molecule has 0 fully saturated rings. The lowest BCUT2D eigenvalue weighted by Crippen LogP contribution is -1.99. The van der Waals surface area contributed by atoms with Crippen LogP contribution in [0.5, 0.6) is 0 Å². The fraction of sp³-hybridized carbons (Fsp3) is 0.0909. The van der Waals surface area contributed by atoms with Gasteiger partial charge in [0.2, 0.25) is 0 Å². The van der Waals surface area contributed by atoms with Crippen molar-refractivity contribution in [1.82, 2.24) is 4.98 Å². The van der Waals surface area contributed by atoms with Gasteiger partial charge in [-0.05, 0) is 61.3 Å². The van der Waals surface area contributed by atoms with Crippen LogP contribution in [0.2, 0.25) is 5.02 Å². The molecule has 2 aromatic rings.